The molecule has 2 aromatic heterocycles. The van der Waals surface area contributed by atoms with Gasteiger partial charge in [0.2, 0.25) is 0 Å². The van der Waals surface area contributed by atoms with E-state index in [1.54, 1.807) is 24.7 Å². The molecule has 0 bridgehead atoms. The number of likely N-dealkylation sites (tertiary alicyclic amines) is 1. The van der Waals surface area contributed by atoms with Gasteiger partial charge in [-0.1, -0.05) is 0 Å². The summed E-state index contributed by atoms with van der Waals surface area (Å²) in [6.07, 6.45) is 8.56. The lowest BCUT2D eigenvalue weighted by atomic mass is 10.0. The van der Waals surface area contributed by atoms with Crippen LogP contribution in [0.25, 0.3) is 11.3 Å². The van der Waals surface area contributed by atoms with Gasteiger partial charge in [-0.05, 0) is 45.2 Å². The lowest BCUT2D eigenvalue weighted by Gasteiger charge is -2.20. The summed E-state index contributed by atoms with van der Waals surface area (Å²) in [4.78, 5) is 26.4. The zero-order valence-corrected chi connectivity index (χ0v) is 14.0. The van der Waals surface area contributed by atoms with E-state index < -0.39 is 5.97 Å². The molecule has 1 N–H and O–H groups in total. The summed E-state index contributed by atoms with van der Waals surface area (Å²) in [6.45, 7) is 6.74. The molecule has 0 aromatic carbocycles. The molecule has 1 aliphatic rings. The van der Waals surface area contributed by atoms with Gasteiger partial charge in [-0.2, -0.15) is 0 Å². The first-order valence-corrected chi connectivity index (χ1v) is 8.26. The van der Waals surface area contributed by atoms with E-state index in [0.29, 0.717) is 23.2 Å². The van der Waals surface area contributed by atoms with Crippen LogP contribution in [0.3, 0.4) is 0 Å². The van der Waals surface area contributed by atoms with E-state index in [1.807, 2.05) is 0 Å². The third-order valence-corrected chi connectivity index (χ3v) is 4.53. The van der Waals surface area contributed by atoms with Crippen LogP contribution in [-0.2, 0) is 6.42 Å². The third kappa shape index (κ3) is 3.76. The molecule has 0 unspecified atom stereocenters. The summed E-state index contributed by atoms with van der Waals surface area (Å²) in [5, 5.41) is 9.04. The zero-order valence-electron chi connectivity index (χ0n) is 14.0. The lowest BCUT2D eigenvalue weighted by Crippen LogP contribution is -2.28. The topological polar surface area (TPSA) is 79.2 Å². The molecule has 0 radical (unpaired) electrons. The van der Waals surface area contributed by atoms with E-state index in [4.69, 9.17) is 5.11 Å². The van der Waals surface area contributed by atoms with Crippen molar-refractivity contribution in [3.63, 3.8) is 0 Å². The fourth-order valence-electron chi connectivity index (χ4n) is 3.10. The first kappa shape index (κ1) is 16.5. The number of carboxylic acid groups (broad SMARTS) is 1. The maximum Gasteiger partial charge on any atom is 0.337 e. The fraction of sp³-hybridized carbons (Fsp3) is 0.444. The Morgan fingerprint density at radius 2 is 2.12 bits per heavy atom. The van der Waals surface area contributed by atoms with Gasteiger partial charge in [0.05, 0.1) is 23.1 Å². The lowest BCUT2D eigenvalue weighted by molar-refractivity contribution is 0.0696. The molecule has 1 saturated heterocycles. The average molecular weight is 326 g/mol. The van der Waals surface area contributed by atoms with Gasteiger partial charge in [-0.15, -0.1) is 0 Å². The standard InChI is InChI=1S/C18H22N4O2/c1-12(2)22-4-3-13(11-22)5-16-9-21-17(10-20-16)14-6-15(18(23)24)8-19-7-14/h6-10,12-13H,3-5,11H2,1-2H3,(H,23,24)/t13-/m1/s1. The number of carboxylic acids is 1. The van der Waals surface area contributed by atoms with Crippen molar-refractivity contribution in [1.29, 1.82) is 0 Å². The van der Waals surface area contributed by atoms with Crippen LogP contribution in [0.2, 0.25) is 0 Å². The van der Waals surface area contributed by atoms with E-state index in [1.165, 1.54) is 12.6 Å². The van der Waals surface area contributed by atoms with Gasteiger partial charge in [-0.25, -0.2) is 4.79 Å². The smallest absolute Gasteiger partial charge is 0.337 e. The summed E-state index contributed by atoms with van der Waals surface area (Å²) in [5.74, 6) is -0.366. The molecule has 2 aromatic rings. The van der Waals surface area contributed by atoms with Crippen LogP contribution in [0.1, 0.15) is 36.3 Å². The van der Waals surface area contributed by atoms with E-state index in [-0.39, 0.29) is 5.56 Å². The number of rotatable bonds is 5. The van der Waals surface area contributed by atoms with Gasteiger partial charge >= 0.3 is 5.97 Å². The molecule has 1 fully saturated rings. The van der Waals surface area contributed by atoms with E-state index in [9.17, 15) is 4.79 Å². The van der Waals surface area contributed by atoms with Gasteiger partial charge in [-0.3, -0.25) is 15.0 Å². The van der Waals surface area contributed by atoms with Gasteiger partial charge in [0.1, 0.15) is 0 Å². The van der Waals surface area contributed by atoms with Crippen molar-refractivity contribution in [1.82, 2.24) is 19.9 Å². The highest BCUT2D eigenvalue weighted by Gasteiger charge is 2.24. The van der Waals surface area contributed by atoms with Gasteiger partial charge in [0, 0.05) is 36.7 Å². The Bertz CT molecular complexity index is 715. The van der Waals surface area contributed by atoms with E-state index in [2.05, 4.69) is 33.7 Å². The zero-order chi connectivity index (χ0) is 17.1. The quantitative estimate of drug-likeness (QED) is 0.909. The molecule has 126 valence electrons. The summed E-state index contributed by atoms with van der Waals surface area (Å²) < 4.78 is 0. The second-order valence-corrected chi connectivity index (χ2v) is 6.61. The number of nitrogens with zero attached hydrogens (tertiary/aromatic N) is 4. The van der Waals surface area contributed by atoms with E-state index in [0.717, 1.165) is 25.2 Å². The summed E-state index contributed by atoms with van der Waals surface area (Å²) in [7, 11) is 0. The molecule has 1 aliphatic heterocycles. The fourth-order valence-corrected chi connectivity index (χ4v) is 3.10. The highest BCUT2D eigenvalue weighted by atomic mass is 16.4. The molecule has 0 aliphatic carbocycles. The molecule has 1 atom stereocenters. The highest BCUT2D eigenvalue weighted by Crippen LogP contribution is 2.22. The average Bonchev–Trinajstić information content (AvgIpc) is 3.04. The summed E-state index contributed by atoms with van der Waals surface area (Å²) >= 11 is 0. The van der Waals surface area contributed by atoms with Gasteiger partial charge in [0.15, 0.2) is 0 Å². The molecule has 3 heterocycles. The number of aromatic carboxylic acids is 1. The maximum absolute atomic E-state index is 11.0. The second-order valence-electron chi connectivity index (χ2n) is 6.61. The molecule has 0 saturated carbocycles. The molecule has 3 rings (SSSR count). The van der Waals surface area contributed by atoms with Crippen molar-refractivity contribution >= 4 is 5.97 Å². The molecule has 24 heavy (non-hydrogen) atoms. The predicted molar refractivity (Wildman–Crippen MR) is 90.7 cm³/mol. The van der Waals surface area contributed by atoms with Crippen molar-refractivity contribution in [2.24, 2.45) is 5.92 Å². The largest absolute Gasteiger partial charge is 0.478 e. The number of pyridine rings is 1. The summed E-state index contributed by atoms with van der Waals surface area (Å²) in [5.41, 5.74) is 2.44. The number of hydrogen-bond donors (Lipinski definition) is 1. The molecule has 0 spiro atoms. The Morgan fingerprint density at radius 1 is 1.29 bits per heavy atom. The van der Waals surface area contributed by atoms with Crippen LogP contribution in [0.15, 0.2) is 30.9 Å². The number of hydrogen-bond acceptors (Lipinski definition) is 5. The minimum Gasteiger partial charge on any atom is -0.478 e. The predicted octanol–water partition coefficient (Wildman–Crippen LogP) is 2.51. The van der Waals surface area contributed by atoms with Crippen molar-refractivity contribution in [3.05, 3.63) is 42.1 Å². The second kappa shape index (κ2) is 7.05. The van der Waals surface area contributed by atoms with Crippen LogP contribution < -0.4 is 0 Å². The normalized spacial score (nSPS) is 18.2. The van der Waals surface area contributed by atoms with Crippen molar-refractivity contribution < 1.29 is 9.90 Å². The first-order valence-electron chi connectivity index (χ1n) is 8.26. The maximum atomic E-state index is 11.0. The Kier molecular flexibility index (Phi) is 4.85. The Morgan fingerprint density at radius 3 is 2.75 bits per heavy atom. The Balaban J connectivity index is 1.68. The van der Waals surface area contributed by atoms with Gasteiger partial charge in [0.25, 0.3) is 0 Å². The Hall–Kier alpha value is -2.34. The minimum atomic E-state index is -0.995. The number of carbonyl (C=O) groups is 1. The monoisotopic (exact) mass is 326 g/mol. The molecule has 6 heteroatoms. The highest BCUT2D eigenvalue weighted by molar-refractivity contribution is 5.88. The van der Waals surface area contributed by atoms with E-state index >= 15 is 0 Å². The summed E-state index contributed by atoms with van der Waals surface area (Å²) in [6, 6.07) is 2.16. The first-order chi connectivity index (χ1) is 11.5. The third-order valence-electron chi connectivity index (χ3n) is 4.53. The Labute approximate surface area is 141 Å². The van der Waals surface area contributed by atoms with Crippen molar-refractivity contribution in [2.45, 2.75) is 32.7 Å². The van der Waals surface area contributed by atoms with Crippen LogP contribution in [0.4, 0.5) is 0 Å². The van der Waals surface area contributed by atoms with Gasteiger partial charge < -0.3 is 10.0 Å². The molecule has 6 nitrogen and oxygen atoms in total. The van der Waals surface area contributed by atoms with Crippen LogP contribution in [-0.4, -0.2) is 50.1 Å². The van der Waals surface area contributed by atoms with Crippen molar-refractivity contribution in [3.8, 4) is 11.3 Å². The van der Waals surface area contributed by atoms with Crippen LogP contribution in [0, 0.1) is 5.92 Å². The molecular formula is C18H22N4O2. The van der Waals surface area contributed by atoms with Crippen LogP contribution in [0.5, 0.6) is 0 Å². The minimum absolute atomic E-state index is 0.151. The molecule has 0 amide bonds. The van der Waals surface area contributed by atoms with Crippen LogP contribution >= 0.6 is 0 Å². The van der Waals surface area contributed by atoms with Crippen molar-refractivity contribution in [2.75, 3.05) is 13.1 Å². The SMILES string of the molecule is CC(C)N1CC[C@H](Cc2cnc(-c3cncc(C(=O)O)c3)cn2)C1. The molecular weight excluding hydrogens is 304 g/mol. The number of aromatic nitrogens is 3.